The van der Waals surface area contributed by atoms with E-state index in [4.69, 9.17) is 17.2 Å². The van der Waals surface area contributed by atoms with Crippen LogP contribution >= 0.6 is 0 Å². The highest BCUT2D eigenvalue weighted by atomic mass is 16.3. The van der Waals surface area contributed by atoms with Crippen LogP contribution in [0.2, 0.25) is 0 Å². The summed E-state index contributed by atoms with van der Waals surface area (Å²) in [6.07, 6.45) is 4.84. The highest BCUT2D eigenvalue weighted by Gasteiger charge is 2.41. The molecule has 10 nitrogen and oxygen atoms in total. The number of amides is 2. The maximum absolute atomic E-state index is 13.3. The highest BCUT2D eigenvalue weighted by Crippen LogP contribution is 2.28. The average Bonchev–Trinajstić information content (AvgIpc) is 3.23. The van der Waals surface area contributed by atoms with Crippen LogP contribution in [0.25, 0.3) is 0 Å². The molecule has 0 spiro atoms. The van der Waals surface area contributed by atoms with E-state index in [1.807, 2.05) is 0 Å². The summed E-state index contributed by atoms with van der Waals surface area (Å²) in [7, 11) is 0. The maximum atomic E-state index is 13.3. The Morgan fingerprint density at radius 3 is 2.25 bits per heavy atom. The van der Waals surface area contributed by atoms with Gasteiger partial charge in [0, 0.05) is 37.4 Å². The van der Waals surface area contributed by atoms with E-state index in [1.165, 1.54) is 18.2 Å². The van der Waals surface area contributed by atoms with Crippen LogP contribution in [-0.4, -0.2) is 76.7 Å². The molecule has 6 atom stereocenters. The second-order valence-corrected chi connectivity index (χ2v) is 11.0. The molecule has 1 heterocycles. The summed E-state index contributed by atoms with van der Waals surface area (Å²) in [4.78, 5) is 53.4. The standard InChI is InChI=1S/C26H47N5O5/c1-15(2)25(35)21(9-10-27)30-26(36)19(16(3)32)12-23(33)22-11-18(28)14-31(22)24(34)13-20(29)17-7-5-4-6-8-17/h15-22,32H,4-14,27-29H2,1-3H3,(H,30,36)/t16?,18-,19+,20?,21+,22+/m1/s1. The fourth-order valence-corrected chi connectivity index (χ4v) is 5.47. The summed E-state index contributed by atoms with van der Waals surface area (Å²) in [6, 6.07) is -2.13. The second-order valence-electron chi connectivity index (χ2n) is 11.0. The number of carbonyl (C=O) groups excluding carboxylic acids is 4. The van der Waals surface area contributed by atoms with E-state index >= 15 is 0 Å². The van der Waals surface area contributed by atoms with Crippen LogP contribution < -0.4 is 22.5 Å². The minimum Gasteiger partial charge on any atom is -0.393 e. The molecule has 2 rings (SSSR count). The van der Waals surface area contributed by atoms with Crippen LogP contribution in [0.3, 0.4) is 0 Å². The third kappa shape index (κ3) is 8.33. The number of Topliss-reactive ketones (excluding diaryl/α,β-unsaturated/α-hetero) is 2. The number of nitrogens with one attached hydrogen (secondary N) is 1. The molecule has 2 fully saturated rings. The molecule has 0 bridgehead atoms. The molecule has 2 unspecified atom stereocenters. The summed E-state index contributed by atoms with van der Waals surface area (Å²) in [5.74, 6) is -2.30. The van der Waals surface area contributed by atoms with Crippen molar-refractivity contribution in [1.82, 2.24) is 10.2 Å². The molecule has 1 saturated carbocycles. The van der Waals surface area contributed by atoms with Gasteiger partial charge in [0.2, 0.25) is 11.8 Å². The summed E-state index contributed by atoms with van der Waals surface area (Å²) in [5, 5.41) is 13.0. The van der Waals surface area contributed by atoms with Gasteiger partial charge in [0.15, 0.2) is 11.6 Å². The van der Waals surface area contributed by atoms with Gasteiger partial charge in [-0.25, -0.2) is 0 Å². The zero-order valence-electron chi connectivity index (χ0n) is 22.2. The molecule has 1 aliphatic heterocycles. The van der Waals surface area contributed by atoms with Gasteiger partial charge in [0.05, 0.1) is 24.1 Å². The topological polar surface area (TPSA) is 182 Å². The van der Waals surface area contributed by atoms with Crippen LogP contribution in [0.15, 0.2) is 0 Å². The van der Waals surface area contributed by atoms with Crippen molar-refractivity contribution in [3.05, 3.63) is 0 Å². The zero-order valence-corrected chi connectivity index (χ0v) is 22.2. The molecule has 2 amide bonds. The predicted molar refractivity (Wildman–Crippen MR) is 138 cm³/mol. The Morgan fingerprint density at radius 2 is 1.69 bits per heavy atom. The summed E-state index contributed by atoms with van der Waals surface area (Å²) in [6.45, 7) is 5.39. The van der Waals surface area contributed by atoms with E-state index in [0.29, 0.717) is 12.3 Å². The van der Waals surface area contributed by atoms with E-state index in [1.54, 1.807) is 13.8 Å². The number of rotatable bonds is 13. The van der Waals surface area contributed by atoms with Crippen molar-refractivity contribution in [2.75, 3.05) is 13.1 Å². The third-order valence-electron chi connectivity index (χ3n) is 7.72. The van der Waals surface area contributed by atoms with Gasteiger partial charge >= 0.3 is 0 Å². The molecular formula is C26H47N5O5. The number of nitrogens with two attached hydrogens (primary N) is 3. The molecule has 0 radical (unpaired) electrons. The summed E-state index contributed by atoms with van der Waals surface area (Å²) in [5.41, 5.74) is 18.1. The molecule has 206 valence electrons. The Kier molecular flexibility index (Phi) is 11.9. The minimum absolute atomic E-state index is 0.155. The van der Waals surface area contributed by atoms with Gasteiger partial charge in [0.25, 0.3) is 0 Å². The van der Waals surface area contributed by atoms with Crippen LogP contribution in [0, 0.1) is 17.8 Å². The quantitative estimate of drug-likeness (QED) is 0.234. The van der Waals surface area contributed by atoms with E-state index in [9.17, 15) is 24.3 Å². The Labute approximate surface area is 215 Å². The molecule has 1 saturated heterocycles. The minimum atomic E-state index is -1.12. The lowest BCUT2D eigenvalue weighted by atomic mass is 9.83. The molecule has 0 aromatic carbocycles. The van der Waals surface area contributed by atoms with Gasteiger partial charge in [-0.1, -0.05) is 33.1 Å². The zero-order chi connectivity index (χ0) is 27.0. The Hall–Kier alpha value is -1.88. The maximum Gasteiger partial charge on any atom is 0.226 e. The lowest BCUT2D eigenvalue weighted by Gasteiger charge is -2.30. The van der Waals surface area contributed by atoms with Crippen molar-refractivity contribution in [2.24, 2.45) is 35.0 Å². The lowest BCUT2D eigenvalue weighted by Crippen LogP contribution is -2.49. The van der Waals surface area contributed by atoms with Gasteiger partial charge in [-0.15, -0.1) is 0 Å². The average molecular weight is 510 g/mol. The fraction of sp³-hybridized carbons (Fsp3) is 0.846. The Balaban J connectivity index is 2.06. The second kappa shape index (κ2) is 14.2. The normalized spacial score (nSPS) is 24.3. The first-order valence-electron chi connectivity index (χ1n) is 13.5. The number of likely N-dealkylation sites (tertiary alicyclic amines) is 1. The van der Waals surface area contributed by atoms with Crippen LogP contribution in [0.4, 0.5) is 0 Å². The van der Waals surface area contributed by atoms with Crippen LogP contribution in [0.5, 0.6) is 0 Å². The SMILES string of the molecule is CC(C)C(=O)[C@H](CCN)NC(=O)[C@@H](CC(=O)[C@@H]1C[C@@H](N)CN1C(=O)CC(N)C1CCCCC1)C(C)O. The number of carbonyl (C=O) groups is 4. The predicted octanol–water partition coefficient (Wildman–Crippen LogP) is 0.227. The first-order valence-corrected chi connectivity index (χ1v) is 13.5. The number of nitrogens with zero attached hydrogens (tertiary/aromatic N) is 1. The van der Waals surface area contributed by atoms with Crippen molar-refractivity contribution in [3.63, 3.8) is 0 Å². The van der Waals surface area contributed by atoms with E-state index in [-0.39, 0.29) is 67.8 Å². The summed E-state index contributed by atoms with van der Waals surface area (Å²) >= 11 is 0. The largest absolute Gasteiger partial charge is 0.393 e. The third-order valence-corrected chi connectivity index (χ3v) is 7.72. The number of aliphatic hydroxyl groups is 1. The molecule has 0 aromatic heterocycles. The van der Waals surface area contributed by atoms with Gasteiger partial charge in [-0.2, -0.15) is 0 Å². The van der Waals surface area contributed by atoms with E-state index in [0.717, 1.165) is 25.7 Å². The molecule has 2 aliphatic rings. The lowest BCUT2D eigenvalue weighted by molar-refractivity contribution is -0.140. The van der Waals surface area contributed by atoms with Gasteiger partial charge in [0.1, 0.15) is 0 Å². The van der Waals surface area contributed by atoms with Crippen LogP contribution in [-0.2, 0) is 19.2 Å². The van der Waals surface area contributed by atoms with E-state index < -0.39 is 30.0 Å². The Morgan fingerprint density at radius 1 is 1.06 bits per heavy atom. The van der Waals surface area contributed by atoms with E-state index in [2.05, 4.69) is 5.32 Å². The number of hydrogen-bond donors (Lipinski definition) is 5. The first kappa shape index (κ1) is 30.3. The van der Waals surface area contributed by atoms with Gasteiger partial charge in [-0.05, 0) is 45.1 Å². The number of hydrogen-bond acceptors (Lipinski definition) is 8. The molecule has 10 heteroatoms. The van der Waals surface area contributed by atoms with Gasteiger partial charge in [-0.3, -0.25) is 19.2 Å². The smallest absolute Gasteiger partial charge is 0.226 e. The van der Waals surface area contributed by atoms with Crippen LogP contribution in [0.1, 0.15) is 78.6 Å². The van der Waals surface area contributed by atoms with Gasteiger partial charge < -0.3 is 32.5 Å². The number of ketones is 2. The molecular weight excluding hydrogens is 462 g/mol. The first-order chi connectivity index (χ1) is 17.0. The monoisotopic (exact) mass is 509 g/mol. The molecule has 36 heavy (non-hydrogen) atoms. The summed E-state index contributed by atoms with van der Waals surface area (Å²) < 4.78 is 0. The van der Waals surface area contributed by atoms with Crippen molar-refractivity contribution in [2.45, 2.75) is 109 Å². The molecule has 0 aromatic rings. The number of aliphatic hydroxyl groups excluding tert-OH is 1. The fourth-order valence-electron chi connectivity index (χ4n) is 5.47. The van der Waals surface area contributed by atoms with Crippen molar-refractivity contribution >= 4 is 23.4 Å². The Bertz CT molecular complexity index is 768. The van der Waals surface area contributed by atoms with Crippen molar-refractivity contribution < 1.29 is 24.3 Å². The van der Waals surface area contributed by atoms with Crippen molar-refractivity contribution in [1.29, 1.82) is 0 Å². The molecule has 1 aliphatic carbocycles. The van der Waals surface area contributed by atoms with Crippen molar-refractivity contribution in [3.8, 4) is 0 Å². The molecule has 8 N–H and O–H groups in total. The highest BCUT2D eigenvalue weighted by molar-refractivity contribution is 5.95.